The molecule has 7 heteroatoms. The highest BCUT2D eigenvalue weighted by Gasteiger charge is 2.26. The van der Waals surface area contributed by atoms with Crippen molar-refractivity contribution >= 4 is 11.9 Å². The van der Waals surface area contributed by atoms with E-state index in [1.807, 2.05) is 0 Å². The molecule has 1 aromatic carbocycles. The summed E-state index contributed by atoms with van der Waals surface area (Å²) in [6.45, 7) is 1.49. The summed E-state index contributed by atoms with van der Waals surface area (Å²) in [7, 11) is 0. The van der Waals surface area contributed by atoms with E-state index >= 15 is 0 Å². The van der Waals surface area contributed by atoms with Crippen LogP contribution < -0.4 is 4.74 Å². The van der Waals surface area contributed by atoms with E-state index in [2.05, 4.69) is 4.98 Å². The van der Waals surface area contributed by atoms with Gasteiger partial charge < -0.3 is 14.9 Å². The quantitative estimate of drug-likeness (QED) is 0.599. The van der Waals surface area contributed by atoms with Crippen LogP contribution in [0.2, 0.25) is 0 Å². The number of aryl methyl sites for hydroxylation is 1. The number of carbonyl (C=O) groups is 1. The van der Waals surface area contributed by atoms with Gasteiger partial charge in [-0.25, -0.2) is 4.98 Å². The van der Waals surface area contributed by atoms with Crippen molar-refractivity contribution in [2.24, 2.45) is 0 Å². The summed E-state index contributed by atoms with van der Waals surface area (Å²) in [5, 5.41) is 10.7. The predicted molar refractivity (Wildman–Crippen MR) is 61.5 cm³/mol. The van der Waals surface area contributed by atoms with Crippen LogP contribution in [-0.2, 0) is 0 Å². The lowest BCUT2D eigenvalue weighted by Crippen LogP contribution is -2.19. The molecule has 1 heterocycles. The van der Waals surface area contributed by atoms with E-state index in [-0.39, 0.29) is 5.82 Å². The fourth-order valence-corrected chi connectivity index (χ4v) is 1.42. The minimum atomic E-state index is -0.858. The largest absolute Gasteiger partial charge is 0.519 e. The highest BCUT2D eigenvalue weighted by molar-refractivity contribution is 5.76. The fourth-order valence-electron chi connectivity index (χ4n) is 1.42. The number of rotatable bonds is 2. The van der Waals surface area contributed by atoms with Gasteiger partial charge in [0.2, 0.25) is 5.82 Å². The Bertz CT molecular complexity index is 592. The van der Waals surface area contributed by atoms with E-state index in [9.17, 15) is 14.9 Å². The number of nitrogens with zero attached hydrogens (tertiary/aromatic N) is 3. The van der Waals surface area contributed by atoms with E-state index in [1.54, 1.807) is 30.3 Å². The molecule has 0 radical (unpaired) electrons. The summed E-state index contributed by atoms with van der Waals surface area (Å²) in [5.74, 6) is 0.0842. The van der Waals surface area contributed by atoms with E-state index in [0.717, 1.165) is 10.8 Å². The highest BCUT2D eigenvalue weighted by Crippen LogP contribution is 2.16. The third kappa shape index (κ3) is 2.19. The number of hydrogen-bond acceptors (Lipinski definition) is 5. The number of para-hydroxylation sites is 1. The van der Waals surface area contributed by atoms with Crippen LogP contribution in [0.1, 0.15) is 5.82 Å². The molecule has 0 amide bonds. The Hall–Kier alpha value is -2.70. The highest BCUT2D eigenvalue weighted by atomic mass is 16.6. The Labute approximate surface area is 102 Å². The third-order valence-corrected chi connectivity index (χ3v) is 2.24. The summed E-state index contributed by atoms with van der Waals surface area (Å²) in [5.41, 5.74) is 0. The molecule has 0 aliphatic rings. The lowest BCUT2D eigenvalue weighted by Gasteiger charge is -2.02. The minimum Gasteiger partial charge on any atom is -0.392 e. The molecular weight excluding hydrogens is 238 g/mol. The summed E-state index contributed by atoms with van der Waals surface area (Å²) < 4.78 is 5.82. The number of hydrogen-bond donors (Lipinski definition) is 0. The van der Waals surface area contributed by atoms with Crippen LogP contribution >= 0.6 is 0 Å². The number of aromatic nitrogens is 2. The van der Waals surface area contributed by atoms with Crippen LogP contribution in [0.4, 0.5) is 10.6 Å². The molecule has 92 valence electrons. The third-order valence-electron chi connectivity index (χ3n) is 2.24. The average Bonchev–Trinajstić information content (AvgIpc) is 2.72. The van der Waals surface area contributed by atoms with Gasteiger partial charge in [-0.15, -0.1) is 4.57 Å². The molecule has 1 aromatic heterocycles. The van der Waals surface area contributed by atoms with Crippen molar-refractivity contribution in [2.45, 2.75) is 6.92 Å². The summed E-state index contributed by atoms with van der Waals surface area (Å²) in [4.78, 5) is 25.6. The Balaban J connectivity index is 2.29. The molecule has 18 heavy (non-hydrogen) atoms. The van der Waals surface area contributed by atoms with Gasteiger partial charge in [-0.2, -0.15) is 4.79 Å². The van der Waals surface area contributed by atoms with Gasteiger partial charge in [0.15, 0.2) is 0 Å². The maximum atomic E-state index is 11.8. The van der Waals surface area contributed by atoms with Gasteiger partial charge in [0.1, 0.15) is 11.9 Å². The monoisotopic (exact) mass is 247 g/mol. The summed E-state index contributed by atoms with van der Waals surface area (Å²) in [6.07, 6.45) is 0.157. The molecule has 7 nitrogen and oxygen atoms in total. The van der Waals surface area contributed by atoms with Gasteiger partial charge in [0.25, 0.3) is 0 Å². The normalized spacial score (nSPS) is 10.1. The van der Waals surface area contributed by atoms with Gasteiger partial charge in [-0.05, 0) is 17.1 Å². The van der Waals surface area contributed by atoms with Crippen LogP contribution in [0, 0.1) is 17.0 Å². The molecule has 0 fully saturated rings. The smallest absolute Gasteiger partial charge is 0.392 e. The lowest BCUT2D eigenvalue weighted by molar-refractivity contribution is -0.391. The summed E-state index contributed by atoms with van der Waals surface area (Å²) in [6, 6.07) is 8.31. The first-order chi connectivity index (χ1) is 8.59. The van der Waals surface area contributed by atoms with Crippen molar-refractivity contribution < 1.29 is 14.5 Å². The molecule has 0 bridgehead atoms. The zero-order valence-electron chi connectivity index (χ0n) is 9.44. The molecule has 0 unspecified atom stereocenters. The maximum Gasteiger partial charge on any atom is 0.519 e. The SMILES string of the molecule is Cc1ncc([N+](=O)[O-])n1C(=O)Oc1ccccc1. The Kier molecular flexibility index (Phi) is 3.05. The van der Waals surface area contributed by atoms with Crippen molar-refractivity contribution in [1.82, 2.24) is 9.55 Å². The van der Waals surface area contributed by atoms with Crippen LogP contribution in [0.25, 0.3) is 0 Å². The Morgan fingerprint density at radius 2 is 2.06 bits per heavy atom. The molecular formula is C11H9N3O4. The lowest BCUT2D eigenvalue weighted by atomic mass is 10.3. The minimum absolute atomic E-state index is 0.197. The second-order valence-electron chi connectivity index (χ2n) is 3.44. The zero-order chi connectivity index (χ0) is 13.1. The van der Waals surface area contributed by atoms with Crippen LogP contribution in [0.3, 0.4) is 0 Å². The van der Waals surface area contributed by atoms with E-state index in [1.165, 1.54) is 6.92 Å². The molecule has 0 atom stereocenters. The van der Waals surface area contributed by atoms with Gasteiger partial charge in [-0.1, -0.05) is 18.2 Å². The molecule has 0 N–H and O–H groups in total. The number of nitro groups is 1. The van der Waals surface area contributed by atoms with E-state index in [4.69, 9.17) is 4.74 Å². The molecule has 2 rings (SSSR count). The first-order valence-corrected chi connectivity index (χ1v) is 5.05. The fraction of sp³-hybridized carbons (Fsp3) is 0.0909. The van der Waals surface area contributed by atoms with Gasteiger partial charge in [-0.3, -0.25) is 0 Å². The van der Waals surface area contributed by atoms with Gasteiger partial charge >= 0.3 is 11.9 Å². The van der Waals surface area contributed by atoms with Crippen molar-refractivity contribution in [2.75, 3.05) is 0 Å². The van der Waals surface area contributed by atoms with Crippen LogP contribution in [0.15, 0.2) is 36.5 Å². The van der Waals surface area contributed by atoms with Crippen molar-refractivity contribution in [3.05, 3.63) is 52.5 Å². The molecule has 0 spiro atoms. The van der Waals surface area contributed by atoms with Crippen molar-refractivity contribution in [3.63, 3.8) is 0 Å². The number of benzene rings is 1. The molecule has 0 aliphatic heterocycles. The van der Waals surface area contributed by atoms with Gasteiger partial charge in [0, 0.05) is 6.92 Å². The first kappa shape index (κ1) is 11.8. The second kappa shape index (κ2) is 4.66. The van der Waals surface area contributed by atoms with Crippen molar-refractivity contribution in [1.29, 1.82) is 0 Å². The first-order valence-electron chi connectivity index (χ1n) is 5.05. The standard InChI is InChI=1S/C11H9N3O4/c1-8-12-7-10(14(16)17)13(8)11(15)18-9-5-3-2-4-6-9/h2-7H,1H3. The Morgan fingerprint density at radius 1 is 1.39 bits per heavy atom. The van der Waals surface area contributed by atoms with E-state index < -0.39 is 16.8 Å². The van der Waals surface area contributed by atoms with Crippen molar-refractivity contribution in [3.8, 4) is 5.75 Å². The average molecular weight is 247 g/mol. The van der Waals surface area contributed by atoms with Crippen LogP contribution in [0.5, 0.6) is 5.75 Å². The number of imidazole rings is 1. The van der Waals surface area contributed by atoms with E-state index in [0.29, 0.717) is 5.75 Å². The topological polar surface area (TPSA) is 87.3 Å². The number of carbonyl (C=O) groups excluding carboxylic acids is 1. The maximum absolute atomic E-state index is 11.8. The second-order valence-corrected chi connectivity index (χ2v) is 3.44. The zero-order valence-corrected chi connectivity index (χ0v) is 9.44. The summed E-state index contributed by atoms with van der Waals surface area (Å²) >= 11 is 0. The molecule has 0 saturated heterocycles. The molecule has 0 saturated carbocycles. The van der Waals surface area contributed by atoms with Gasteiger partial charge in [0.05, 0.1) is 0 Å². The predicted octanol–water partition coefficient (Wildman–Crippen LogP) is 2.15. The van der Waals surface area contributed by atoms with Crippen LogP contribution in [-0.4, -0.2) is 20.6 Å². The Morgan fingerprint density at radius 3 is 2.67 bits per heavy atom. The molecule has 0 aliphatic carbocycles. The molecule has 2 aromatic rings. The number of ether oxygens (including phenoxy) is 1.